The van der Waals surface area contributed by atoms with E-state index in [0.717, 1.165) is 16.5 Å². The van der Waals surface area contributed by atoms with Gasteiger partial charge < -0.3 is 11.1 Å². The Balaban J connectivity index is 2.09. The number of sulfonamides is 1. The van der Waals surface area contributed by atoms with E-state index in [0.29, 0.717) is 18.8 Å². The molecule has 0 amide bonds. The summed E-state index contributed by atoms with van der Waals surface area (Å²) in [6, 6.07) is 5.57. The molecule has 0 aliphatic heterocycles. The first kappa shape index (κ1) is 14.5. The third-order valence-electron chi connectivity index (χ3n) is 2.91. The van der Waals surface area contributed by atoms with Crippen LogP contribution in [0.25, 0.3) is 10.8 Å². The molecule has 0 spiro atoms. The average Bonchev–Trinajstić information content (AvgIpc) is 2.41. The lowest BCUT2D eigenvalue weighted by molar-refractivity contribution is 0.584. The quantitative estimate of drug-likeness (QED) is 0.695. The minimum absolute atomic E-state index is 0.00859. The summed E-state index contributed by atoms with van der Waals surface area (Å²) in [6.45, 7) is 2.45. The van der Waals surface area contributed by atoms with Gasteiger partial charge in [-0.25, -0.2) is 13.1 Å². The molecule has 0 aliphatic rings. The van der Waals surface area contributed by atoms with Crippen molar-refractivity contribution in [1.82, 2.24) is 9.71 Å². The van der Waals surface area contributed by atoms with Crippen molar-refractivity contribution < 1.29 is 8.42 Å². The maximum Gasteiger partial charge on any atom is 0.213 e. The first-order valence-corrected chi connectivity index (χ1v) is 8.02. The Bertz CT molecular complexity index is 701. The summed E-state index contributed by atoms with van der Waals surface area (Å²) in [5.74, 6) is 0.00859. The normalized spacial score (nSPS) is 11.7. The van der Waals surface area contributed by atoms with Crippen LogP contribution >= 0.6 is 0 Å². The van der Waals surface area contributed by atoms with E-state index in [9.17, 15) is 8.42 Å². The summed E-state index contributed by atoms with van der Waals surface area (Å²) < 4.78 is 25.5. The summed E-state index contributed by atoms with van der Waals surface area (Å²) in [4.78, 5) is 4.04. The molecular formula is C13H18N4O2S. The van der Waals surface area contributed by atoms with Crippen LogP contribution in [-0.4, -0.2) is 32.2 Å². The fraction of sp³-hybridized carbons (Fsp3) is 0.308. The van der Waals surface area contributed by atoms with Gasteiger partial charge in [0.05, 0.1) is 17.1 Å². The predicted molar refractivity (Wildman–Crippen MR) is 82.1 cm³/mol. The predicted octanol–water partition coefficient (Wildman–Crippen LogP) is 1.17. The number of nitrogens with zero attached hydrogens (tertiary/aromatic N) is 1. The molecule has 1 heterocycles. The number of nitrogen functional groups attached to an aromatic ring is 1. The second-order valence-corrected chi connectivity index (χ2v) is 6.29. The van der Waals surface area contributed by atoms with Gasteiger partial charge in [-0.1, -0.05) is 13.0 Å². The van der Waals surface area contributed by atoms with Crippen LogP contribution in [0.4, 0.5) is 11.4 Å². The third-order valence-corrected chi connectivity index (χ3v) is 4.38. The Morgan fingerprint density at radius 2 is 2.10 bits per heavy atom. The van der Waals surface area contributed by atoms with E-state index >= 15 is 0 Å². The molecule has 108 valence electrons. The molecule has 0 radical (unpaired) electrons. The van der Waals surface area contributed by atoms with Crippen molar-refractivity contribution in [1.29, 1.82) is 0 Å². The smallest absolute Gasteiger partial charge is 0.213 e. The standard InChI is InChI=1S/C13H18N4O2S/c1-2-17-20(18,19)8-7-16-12-4-3-10-9-15-6-5-11(10)13(12)14/h3-6,9,16-17H,2,7-8,14H2,1H3. The second-order valence-electron chi connectivity index (χ2n) is 4.37. The number of benzene rings is 1. The Labute approximate surface area is 118 Å². The molecule has 0 unspecified atom stereocenters. The topological polar surface area (TPSA) is 97.1 Å². The molecule has 1 aromatic heterocycles. The van der Waals surface area contributed by atoms with Gasteiger partial charge in [0.1, 0.15) is 0 Å². The van der Waals surface area contributed by atoms with Crippen molar-refractivity contribution in [3.05, 3.63) is 30.6 Å². The summed E-state index contributed by atoms with van der Waals surface area (Å²) in [5, 5.41) is 4.91. The van der Waals surface area contributed by atoms with Crippen molar-refractivity contribution in [3.63, 3.8) is 0 Å². The Hall–Kier alpha value is -1.86. The highest BCUT2D eigenvalue weighted by molar-refractivity contribution is 7.89. The van der Waals surface area contributed by atoms with E-state index in [4.69, 9.17) is 5.73 Å². The third kappa shape index (κ3) is 3.37. The number of pyridine rings is 1. The SMILES string of the molecule is CCNS(=O)(=O)CCNc1ccc2cnccc2c1N. The lowest BCUT2D eigenvalue weighted by Gasteiger charge is -2.11. The van der Waals surface area contributed by atoms with Gasteiger partial charge in [-0.3, -0.25) is 4.98 Å². The zero-order valence-corrected chi connectivity index (χ0v) is 12.1. The van der Waals surface area contributed by atoms with Crippen molar-refractivity contribution in [2.75, 3.05) is 29.9 Å². The van der Waals surface area contributed by atoms with E-state index in [-0.39, 0.29) is 5.75 Å². The van der Waals surface area contributed by atoms with Crippen molar-refractivity contribution >= 4 is 32.2 Å². The zero-order chi connectivity index (χ0) is 14.6. The van der Waals surface area contributed by atoms with Crippen LogP contribution in [-0.2, 0) is 10.0 Å². The van der Waals surface area contributed by atoms with Gasteiger partial charge in [-0.05, 0) is 12.1 Å². The molecule has 20 heavy (non-hydrogen) atoms. The molecule has 0 atom stereocenters. The summed E-state index contributed by atoms with van der Waals surface area (Å²) in [6.07, 6.45) is 3.42. The van der Waals surface area contributed by atoms with E-state index in [1.807, 2.05) is 18.2 Å². The molecular weight excluding hydrogens is 276 g/mol. The fourth-order valence-corrected chi connectivity index (χ4v) is 2.91. The van der Waals surface area contributed by atoms with E-state index < -0.39 is 10.0 Å². The van der Waals surface area contributed by atoms with Crippen LogP contribution in [0.1, 0.15) is 6.92 Å². The first-order chi connectivity index (χ1) is 9.53. The monoisotopic (exact) mass is 294 g/mol. The summed E-state index contributed by atoms with van der Waals surface area (Å²) in [5.41, 5.74) is 7.41. The second kappa shape index (κ2) is 6.06. The molecule has 4 N–H and O–H groups in total. The van der Waals surface area contributed by atoms with Gasteiger partial charge in [-0.2, -0.15) is 0 Å². The molecule has 2 aromatic rings. The number of aromatic nitrogens is 1. The molecule has 0 aliphatic carbocycles. The van der Waals surface area contributed by atoms with Crippen molar-refractivity contribution in [2.24, 2.45) is 0 Å². The molecule has 0 saturated heterocycles. The van der Waals surface area contributed by atoms with Gasteiger partial charge in [0.25, 0.3) is 0 Å². The molecule has 7 heteroatoms. The molecule has 0 saturated carbocycles. The highest BCUT2D eigenvalue weighted by Gasteiger charge is 2.09. The maximum absolute atomic E-state index is 11.5. The van der Waals surface area contributed by atoms with E-state index in [1.165, 1.54) is 0 Å². The van der Waals surface area contributed by atoms with Gasteiger partial charge in [0.15, 0.2) is 0 Å². The fourth-order valence-electron chi connectivity index (χ4n) is 1.96. The lowest BCUT2D eigenvalue weighted by Crippen LogP contribution is -2.29. The van der Waals surface area contributed by atoms with E-state index in [1.54, 1.807) is 19.3 Å². The summed E-state index contributed by atoms with van der Waals surface area (Å²) >= 11 is 0. The van der Waals surface area contributed by atoms with Gasteiger partial charge >= 0.3 is 0 Å². The molecule has 0 bridgehead atoms. The maximum atomic E-state index is 11.5. The minimum atomic E-state index is -3.22. The van der Waals surface area contributed by atoms with Gasteiger partial charge in [0, 0.05) is 36.3 Å². The zero-order valence-electron chi connectivity index (χ0n) is 11.3. The Morgan fingerprint density at radius 3 is 2.85 bits per heavy atom. The highest BCUT2D eigenvalue weighted by atomic mass is 32.2. The summed E-state index contributed by atoms with van der Waals surface area (Å²) in [7, 11) is -3.22. The van der Waals surface area contributed by atoms with Crippen LogP contribution in [0.15, 0.2) is 30.6 Å². The van der Waals surface area contributed by atoms with Gasteiger partial charge in [0.2, 0.25) is 10.0 Å². The van der Waals surface area contributed by atoms with E-state index in [2.05, 4.69) is 15.0 Å². The van der Waals surface area contributed by atoms with Crippen LogP contribution < -0.4 is 15.8 Å². The number of anilines is 2. The van der Waals surface area contributed by atoms with Crippen LogP contribution in [0.2, 0.25) is 0 Å². The highest BCUT2D eigenvalue weighted by Crippen LogP contribution is 2.27. The van der Waals surface area contributed by atoms with Crippen molar-refractivity contribution in [2.45, 2.75) is 6.92 Å². The van der Waals surface area contributed by atoms with Crippen molar-refractivity contribution in [3.8, 4) is 0 Å². The number of nitrogens with two attached hydrogens (primary N) is 1. The number of nitrogens with one attached hydrogen (secondary N) is 2. The number of rotatable bonds is 6. The van der Waals surface area contributed by atoms with Gasteiger partial charge in [-0.15, -0.1) is 0 Å². The molecule has 0 fully saturated rings. The minimum Gasteiger partial charge on any atom is -0.397 e. The largest absolute Gasteiger partial charge is 0.397 e. The molecule has 1 aromatic carbocycles. The van der Waals surface area contributed by atoms with Crippen LogP contribution in [0.3, 0.4) is 0 Å². The first-order valence-electron chi connectivity index (χ1n) is 6.37. The number of hydrogen-bond donors (Lipinski definition) is 3. The Kier molecular flexibility index (Phi) is 4.41. The van der Waals surface area contributed by atoms with Crippen LogP contribution in [0.5, 0.6) is 0 Å². The molecule has 2 rings (SSSR count). The number of hydrogen-bond acceptors (Lipinski definition) is 5. The number of fused-ring (bicyclic) bond motifs is 1. The van der Waals surface area contributed by atoms with Crippen LogP contribution in [0, 0.1) is 0 Å². The Morgan fingerprint density at radius 1 is 1.30 bits per heavy atom. The average molecular weight is 294 g/mol. The molecule has 6 nitrogen and oxygen atoms in total. The lowest BCUT2D eigenvalue weighted by atomic mass is 10.1.